The molecule has 3 nitrogen and oxygen atoms in total. The van der Waals surface area contributed by atoms with Crippen LogP contribution in [0, 0.1) is 0 Å². The van der Waals surface area contributed by atoms with Crippen LogP contribution in [0.5, 0.6) is 0 Å². The van der Waals surface area contributed by atoms with Gasteiger partial charge in [-0.2, -0.15) is 0 Å². The summed E-state index contributed by atoms with van der Waals surface area (Å²) in [5.74, 6) is 0. The van der Waals surface area contributed by atoms with E-state index in [9.17, 15) is 8.42 Å². The van der Waals surface area contributed by atoms with Gasteiger partial charge in [-0.05, 0) is 20.8 Å². The van der Waals surface area contributed by atoms with Crippen LogP contribution in [-0.2, 0) is 9.84 Å². The molecule has 0 amide bonds. The van der Waals surface area contributed by atoms with Gasteiger partial charge in [0.2, 0.25) is 0 Å². The van der Waals surface area contributed by atoms with Gasteiger partial charge >= 0.3 is 0 Å². The quantitative estimate of drug-likeness (QED) is 0.519. The second kappa shape index (κ2) is 5.40. The van der Waals surface area contributed by atoms with Gasteiger partial charge in [0.05, 0.1) is 10.5 Å². The molecule has 0 aromatic heterocycles. The molecule has 4 heteroatoms. The topological polar surface area (TPSA) is 46.2 Å². The average Bonchev–Trinajstić information content (AvgIpc) is 2.04. The van der Waals surface area contributed by atoms with E-state index in [0.717, 1.165) is 0 Å². The number of rotatable bonds is 6. The van der Waals surface area contributed by atoms with Crippen LogP contribution < -0.4 is 5.32 Å². The largest absolute Gasteiger partial charge is 0.312 e. The second-order valence-corrected chi connectivity index (χ2v) is 6.32. The molecule has 0 aliphatic rings. The zero-order valence-corrected chi connectivity index (χ0v) is 9.39. The van der Waals surface area contributed by atoms with E-state index in [2.05, 4.69) is 11.9 Å². The van der Waals surface area contributed by atoms with Crippen molar-refractivity contribution in [2.45, 2.75) is 31.3 Å². The Morgan fingerprint density at radius 2 is 1.92 bits per heavy atom. The Bertz CT molecular complexity index is 244. The van der Waals surface area contributed by atoms with Crippen LogP contribution in [-0.4, -0.2) is 32.0 Å². The molecule has 0 rings (SSSR count). The third kappa shape index (κ3) is 3.91. The third-order valence-corrected chi connectivity index (χ3v) is 4.54. The molecule has 0 spiro atoms. The summed E-state index contributed by atoms with van der Waals surface area (Å²) in [6.45, 7) is 9.83. The zero-order chi connectivity index (χ0) is 10.5. The van der Waals surface area contributed by atoms with E-state index in [1.165, 1.54) is 0 Å². The first kappa shape index (κ1) is 12.7. The van der Waals surface area contributed by atoms with Crippen LogP contribution in [0.15, 0.2) is 12.7 Å². The van der Waals surface area contributed by atoms with Gasteiger partial charge in [-0.15, -0.1) is 6.58 Å². The summed E-state index contributed by atoms with van der Waals surface area (Å²) < 4.78 is 23.1. The van der Waals surface area contributed by atoms with E-state index in [1.807, 2.05) is 0 Å². The fraction of sp³-hybridized carbons (Fsp3) is 0.778. The first-order valence-corrected chi connectivity index (χ1v) is 6.08. The lowest BCUT2D eigenvalue weighted by atomic mass is 10.4. The molecule has 1 N–H and O–H groups in total. The molecule has 13 heavy (non-hydrogen) atoms. The molecule has 1 unspecified atom stereocenters. The van der Waals surface area contributed by atoms with E-state index in [0.29, 0.717) is 13.1 Å². The highest BCUT2D eigenvalue weighted by molar-refractivity contribution is 7.92. The number of nitrogens with one attached hydrogen (secondary N) is 1. The smallest absolute Gasteiger partial charge is 0.156 e. The SMILES string of the molecule is C=CCNCC(C)S(=O)(=O)C(C)C. The summed E-state index contributed by atoms with van der Waals surface area (Å²) in [5, 5.41) is 2.37. The van der Waals surface area contributed by atoms with Gasteiger partial charge in [0.25, 0.3) is 0 Å². The molecular weight excluding hydrogens is 186 g/mol. The van der Waals surface area contributed by atoms with Crippen molar-refractivity contribution in [3.8, 4) is 0 Å². The number of hydrogen-bond acceptors (Lipinski definition) is 3. The Morgan fingerprint density at radius 3 is 2.31 bits per heavy atom. The van der Waals surface area contributed by atoms with Crippen molar-refractivity contribution in [3.05, 3.63) is 12.7 Å². The van der Waals surface area contributed by atoms with E-state index in [4.69, 9.17) is 0 Å². The third-order valence-electron chi connectivity index (χ3n) is 1.94. The standard InChI is InChI=1S/C9H19NO2S/c1-5-6-10-7-9(4)13(11,12)8(2)3/h5,8-10H,1,6-7H2,2-4H3. The molecule has 1 atom stereocenters. The van der Waals surface area contributed by atoms with Gasteiger partial charge in [0.15, 0.2) is 9.84 Å². The lowest BCUT2D eigenvalue weighted by Crippen LogP contribution is -2.35. The van der Waals surface area contributed by atoms with Crippen molar-refractivity contribution in [2.75, 3.05) is 13.1 Å². The molecule has 0 radical (unpaired) electrons. The lowest BCUT2D eigenvalue weighted by Gasteiger charge is -2.15. The minimum atomic E-state index is -2.95. The molecule has 0 fully saturated rings. The highest BCUT2D eigenvalue weighted by Gasteiger charge is 2.23. The molecule has 78 valence electrons. The van der Waals surface area contributed by atoms with Crippen LogP contribution in [0.2, 0.25) is 0 Å². The van der Waals surface area contributed by atoms with Gasteiger partial charge in [-0.3, -0.25) is 0 Å². The van der Waals surface area contributed by atoms with E-state index in [-0.39, 0.29) is 10.5 Å². The zero-order valence-electron chi connectivity index (χ0n) is 8.58. The van der Waals surface area contributed by atoms with E-state index < -0.39 is 9.84 Å². The summed E-state index contributed by atoms with van der Waals surface area (Å²) in [6.07, 6.45) is 1.72. The second-order valence-electron chi connectivity index (χ2n) is 3.40. The molecule has 0 saturated heterocycles. The molecule has 0 heterocycles. The summed E-state index contributed by atoms with van der Waals surface area (Å²) >= 11 is 0. The average molecular weight is 205 g/mol. The predicted molar refractivity (Wildman–Crippen MR) is 56.6 cm³/mol. The maximum atomic E-state index is 11.6. The first-order valence-electron chi connectivity index (χ1n) is 4.47. The maximum Gasteiger partial charge on any atom is 0.156 e. The molecular formula is C9H19NO2S. The normalized spacial score (nSPS) is 14.5. The molecule has 0 aliphatic heterocycles. The molecule has 0 aliphatic carbocycles. The maximum absolute atomic E-state index is 11.6. The summed E-state index contributed by atoms with van der Waals surface area (Å²) in [6, 6.07) is 0. The van der Waals surface area contributed by atoms with Gasteiger partial charge in [0, 0.05) is 13.1 Å². The molecule has 0 bridgehead atoms. The molecule has 0 aromatic rings. The minimum absolute atomic E-state index is 0.298. The van der Waals surface area contributed by atoms with Crippen LogP contribution in [0.4, 0.5) is 0 Å². The van der Waals surface area contributed by atoms with Gasteiger partial charge < -0.3 is 5.32 Å². The Morgan fingerprint density at radius 1 is 1.38 bits per heavy atom. The number of hydrogen-bond donors (Lipinski definition) is 1. The van der Waals surface area contributed by atoms with Crippen LogP contribution in [0.3, 0.4) is 0 Å². The Kier molecular flexibility index (Phi) is 5.25. The van der Waals surface area contributed by atoms with Crippen LogP contribution in [0.25, 0.3) is 0 Å². The van der Waals surface area contributed by atoms with Gasteiger partial charge in [0.1, 0.15) is 0 Å². The van der Waals surface area contributed by atoms with Gasteiger partial charge in [-0.25, -0.2) is 8.42 Å². The fourth-order valence-corrected chi connectivity index (χ4v) is 2.25. The summed E-state index contributed by atoms with van der Waals surface area (Å²) in [4.78, 5) is 0. The van der Waals surface area contributed by atoms with Crippen molar-refractivity contribution >= 4 is 9.84 Å². The monoisotopic (exact) mass is 205 g/mol. The lowest BCUT2D eigenvalue weighted by molar-refractivity contribution is 0.567. The highest BCUT2D eigenvalue weighted by Crippen LogP contribution is 2.07. The minimum Gasteiger partial charge on any atom is -0.312 e. The molecule has 0 saturated carbocycles. The number of sulfone groups is 1. The van der Waals surface area contributed by atoms with Crippen molar-refractivity contribution < 1.29 is 8.42 Å². The van der Waals surface area contributed by atoms with Crippen molar-refractivity contribution in [3.63, 3.8) is 0 Å². The Balaban J connectivity index is 4.10. The van der Waals surface area contributed by atoms with Crippen molar-refractivity contribution in [1.82, 2.24) is 5.32 Å². The molecule has 0 aromatic carbocycles. The van der Waals surface area contributed by atoms with Gasteiger partial charge in [-0.1, -0.05) is 6.08 Å². The van der Waals surface area contributed by atoms with Crippen LogP contribution >= 0.6 is 0 Å². The van der Waals surface area contributed by atoms with E-state index in [1.54, 1.807) is 26.8 Å². The Hall–Kier alpha value is -0.350. The van der Waals surface area contributed by atoms with Crippen LogP contribution in [0.1, 0.15) is 20.8 Å². The van der Waals surface area contributed by atoms with Crippen molar-refractivity contribution in [1.29, 1.82) is 0 Å². The van der Waals surface area contributed by atoms with E-state index >= 15 is 0 Å². The Labute approximate surface area is 81.1 Å². The summed E-state index contributed by atoms with van der Waals surface area (Å²) in [7, 11) is -2.95. The first-order chi connectivity index (χ1) is 5.92. The fourth-order valence-electron chi connectivity index (χ4n) is 0.969. The van der Waals surface area contributed by atoms with Crippen molar-refractivity contribution in [2.24, 2.45) is 0 Å². The highest BCUT2D eigenvalue weighted by atomic mass is 32.2. The predicted octanol–water partition coefficient (Wildman–Crippen LogP) is 0.974. The summed E-state index contributed by atoms with van der Waals surface area (Å²) in [5.41, 5.74) is 0.